The fourth-order valence-corrected chi connectivity index (χ4v) is 7.78. The highest BCUT2D eigenvalue weighted by atomic mass is 16.5. The number of allylic oxidation sites excluding steroid dienone is 3. The van der Waals surface area contributed by atoms with Gasteiger partial charge in [-0.25, -0.2) is 0 Å². The van der Waals surface area contributed by atoms with E-state index in [2.05, 4.69) is 32.1 Å². The fourth-order valence-electron chi connectivity index (χ4n) is 7.78. The third-order valence-electron chi connectivity index (χ3n) is 9.28. The van der Waals surface area contributed by atoms with Crippen molar-refractivity contribution >= 4 is 5.97 Å². The first-order chi connectivity index (χ1) is 12.9. The first-order valence-electron chi connectivity index (χ1n) is 11.1. The van der Waals surface area contributed by atoms with Crippen molar-refractivity contribution in [3.8, 4) is 0 Å². The highest BCUT2D eigenvalue weighted by Crippen LogP contribution is 2.68. The molecule has 3 nitrogen and oxygen atoms in total. The summed E-state index contributed by atoms with van der Waals surface area (Å²) < 4.78 is 12.0. The lowest BCUT2D eigenvalue weighted by atomic mass is 9.49. The summed E-state index contributed by atoms with van der Waals surface area (Å²) in [4.78, 5) is 11.4. The summed E-state index contributed by atoms with van der Waals surface area (Å²) in [7, 11) is 0. The zero-order valence-electron chi connectivity index (χ0n) is 17.1. The van der Waals surface area contributed by atoms with Crippen LogP contribution in [-0.2, 0) is 14.3 Å². The molecule has 2 saturated carbocycles. The maximum Gasteiger partial charge on any atom is 0.303 e. The molecule has 1 heterocycles. The van der Waals surface area contributed by atoms with Crippen molar-refractivity contribution in [2.75, 3.05) is 6.61 Å². The van der Waals surface area contributed by atoms with Gasteiger partial charge in [0, 0.05) is 18.9 Å². The first kappa shape index (κ1) is 18.0. The van der Waals surface area contributed by atoms with Crippen LogP contribution < -0.4 is 0 Å². The van der Waals surface area contributed by atoms with E-state index >= 15 is 0 Å². The van der Waals surface area contributed by atoms with Gasteiger partial charge in [-0.1, -0.05) is 31.6 Å². The predicted molar refractivity (Wildman–Crippen MR) is 105 cm³/mol. The molecule has 1 saturated heterocycles. The topological polar surface area (TPSA) is 35.5 Å². The van der Waals surface area contributed by atoms with Crippen LogP contribution in [0.5, 0.6) is 0 Å². The molecule has 3 fully saturated rings. The molecule has 7 atom stereocenters. The van der Waals surface area contributed by atoms with Crippen molar-refractivity contribution in [3.05, 3.63) is 23.8 Å². The Morgan fingerprint density at radius 1 is 1.19 bits per heavy atom. The van der Waals surface area contributed by atoms with E-state index in [4.69, 9.17) is 9.47 Å². The molecule has 5 aliphatic rings. The van der Waals surface area contributed by atoms with Gasteiger partial charge in [-0.15, -0.1) is 0 Å². The van der Waals surface area contributed by atoms with Gasteiger partial charge in [0.2, 0.25) is 0 Å². The van der Waals surface area contributed by atoms with E-state index in [0.717, 1.165) is 19.4 Å². The second kappa shape index (κ2) is 5.95. The number of rotatable bonds is 1. The molecule has 27 heavy (non-hydrogen) atoms. The molecule has 148 valence electrons. The highest BCUT2D eigenvalue weighted by Gasteiger charge is 2.64. The van der Waals surface area contributed by atoms with Gasteiger partial charge in [0.25, 0.3) is 0 Å². The van der Waals surface area contributed by atoms with Crippen LogP contribution in [-0.4, -0.2) is 24.3 Å². The summed E-state index contributed by atoms with van der Waals surface area (Å²) in [6.07, 6.45) is 16.9. The van der Waals surface area contributed by atoms with Gasteiger partial charge in [0.05, 0.1) is 5.60 Å². The van der Waals surface area contributed by atoms with E-state index in [1.165, 1.54) is 45.4 Å². The Morgan fingerprint density at radius 2 is 2.00 bits per heavy atom. The molecule has 0 amide bonds. The van der Waals surface area contributed by atoms with E-state index in [0.29, 0.717) is 23.2 Å². The molecule has 0 N–H and O–H groups in total. The zero-order chi connectivity index (χ0) is 18.9. The molecule has 0 radical (unpaired) electrons. The molecule has 3 heteroatoms. The summed E-state index contributed by atoms with van der Waals surface area (Å²) in [5.41, 5.74) is 2.44. The Kier molecular flexibility index (Phi) is 3.96. The average molecular weight is 371 g/mol. The van der Waals surface area contributed by atoms with Gasteiger partial charge < -0.3 is 9.47 Å². The normalized spacial score (nSPS) is 50.7. The van der Waals surface area contributed by atoms with Gasteiger partial charge in [0.15, 0.2) is 0 Å². The number of ether oxygens (including phenoxy) is 2. The SMILES string of the molecule is CC(=O)OC1C=C[C@@]2(C)C(CC=C3C2CC[C@@]2(C)C3CCC23CCCO3)C1. The summed E-state index contributed by atoms with van der Waals surface area (Å²) >= 11 is 0. The minimum absolute atomic E-state index is 0.0361. The minimum Gasteiger partial charge on any atom is -0.458 e. The van der Waals surface area contributed by atoms with Crippen LogP contribution in [0.25, 0.3) is 0 Å². The monoisotopic (exact) mass is 370 g/mol. The minimum atomic E-state index is -0.165. The highest BCUT2D eigenvalue weighted by molar-refractivity contribution is 5.66. The molecule has 1 spiro atoms. The second-order valence-corrected chi connectivity index (χ2v) is 10.3. The largest absolute Gasteiger partial charge is 0.458 e. The average Bonchev–Trinajstić information content (AvgIpc) is 3.21. The maximum atomic E-state index is 11.4. The molecule has 0 aromatic carbocycles. The number of carbonyl (C=O) groups excluding carboxylic acids is 1. The molecule has 0 bridgehead atoms. The molecular formula is C24H34O3. The number of carbonyl (C=O) groups is 1. The molecule has 0 aromatic heterocycles. The van der Waals surface area contributed by atoms with Gasteiger partial charge in [-0.2, -0.15) is 0 Å². The van der Waals surface area contributed by atoms with Gasteiger partial charge in [-0.3, -0.25) is 4.79 Å². The summed E-state index contributed by atoms with van der Waals surface area (Å²) in [5.74, 6) is 1.77. The number of hydrogen-bond acceptors (Lipinski definition) is 3. The molecule has 0 aromatic rings. The van der Waals surface area contributed by atoms with Crippen molar-refractivity contribution < 1.29 is 14.3 Å². The molecule has 5 unspecified atom stereocenters. The Balaban J connectivity index is 1.44. The van der Waals surface area contributed by atoms with Crippen molar-refractivity contribution in [3.63, 3.8) is 0 Å². The third-order valence-corrected chi connectivity index (χ3v) is 9.28. The van der Waals surface area contributed by atoms with Crippen molar-refractivity contribution in [2.45, 2.75) is 83.8 Å². The Labute approximate surface area is 163 Å². The fraction of sp³-hybridized carbons (Fsp3) is 0.792. The van der Waals surface area contributed by atoms with Gasteiger partial charge in [-0.05, 0) is 80.6 Å². The Hall–Kier alpha value is -1.09. The molecular weight excluding hydrogens is 336 g/mol. The standard InChI is InChI=1S/C24H34O3/c1-16(25)27-18-7-11-22(2)17(15-18)5-6-19-20(22)8-12-23(3)21(19)9-13-24(23)10-4-14-26-24/h6-7,11,17-18,20-21H,4-5,8-10,12-15H2,1-3H3/t17?,18?,20?,21?,22-,23-,24?/m0/s1. The smallest absolute Gasteiger partial charge is 0.303 e. The van der Waals surface area contributed by atoms with Gasteiger partial charge in [0.1, 0.15) is 6.10 Å². The molecule has 4 aliphatic carbocycles. The summed E-state index contributed by atoms with van der Waals surface area (Å²) in [6.45, 7) is 7.48. The van der Waals surface area contributed by atoms with Crippen molar-refractivity contribution in [2.24, 2.45) is 28.6 Å². The van der Waals surface area contributed by atoms with Crippen LogP contribution in [0.2, 0.25) is 0 Å². The van der Waals surface area contributed by atoms with Gasteiger partial charge >= 0.3 is 5.97 Å². The van der Waals surface area contributed by atoms with E-state index in [1.54, 1.807) is 5.57 Å². The number of fused-ring (bicyclic) bond motifs is 6. The van der Waals surface area contributed by atoms with Crippen LogP contribution in [0.15, 0.2) is 23.8 Å². The quantitative estimate of drug-likeness (QED) is 0.470. The Bertz CT molecular complexity index is 700. The zero-order valence-corrected chi connectivity index (χ0v) is 17.1. The first-order valence-corrected chi connectivity index (χ1v) is 11.1. The number of esters is 1. The lowest BCUT2D eigenvalue weighted by Crippen LogP contribution is -2.52. The van der Waals surface area contributed by atoms with Crippen molar-refractivity contribution in [1.82, 2.24) is 0 Å². The van der Waals surface area contributed by atoms with Crippen molar-refractivity contribution in [1.29, 1.82) is 0 Å². The van der Waals surface area contributed by atoms with Crippen LogP contribution in [0.4, 0.5) is 0 Å². The molecule has 5 rings (SSSR count). The lowest BCUT2D eigenvalue weighted by molar-refractivity contribution is -0.146. The van der Waals surface area contributed by atoms with Crippen LogP contribution >= 0.6 is 0 Å². The van der Waals surface area contributed by atoms with E-state index in [1.807, 2.05) is 0 Å². The lowest BCUT2D eigenvalue weighted by Gasteiger charge is -2.57. The van der Waals surface area contributed by atoms with E-state index < -0.39 is 0 Å². The Morgan fingerprint density at radius 3 is 2.74 bits per heavy atom. The van der Waals surface area contributed by atoms with Crippen LogP contribution in [0.1, 0.15) is 72.1 Å². The predicted octanol–water partition coefficient (Wildman–Crippen LogP) is 5.21. The third kappa shape index (κ3) is 2.39. The van der Waals surface area contributed by atoms with Crippen LogP contribution in [0.3, 0.4) is 0 Å². The van der Waals surface area contributed by atoms with E-state index in [-0.39, 0.29) is 23.1 Å². The summed E-state index contributed by atoms with van der Waals surface area (Å²) in [5, 5.41) is 0. The van der Waals surface area contributed by atoms with E-state index in [9.17, 15) is 4.79 Å². The maximum absolute atomic E-state index is 11.4. The summed E-state index contributed by atoms with van der Waals surface area (Å²) in [6, 6.07) is 0. The molecule has 1 aliphatic heterocycles. The van der Waals surface area contributed by atoms with Crippen LogP contribution in [0, 0.1) is 28.6 Å². The second-order valence-electron chi connectivity index (χ2n) is 10.3. The number of hydrogen-bond donors (Lipinski definition) is 0.